The SMILES string of the molecule is CCP(CC)(CC)(CC)n1ccnc1. The molecule has 1 rings (SSSR count). The topological polar surface area (TPSA) is 17.8 Å². The van der Waals surface area contributed by atoms with Crippen molar-refractivity contribution < 1.29 is 0 Å². The van der Waals surface area contributed by atoms with Crippen LogP contribution in [0.5, 0.6) is 0 Å². The molecule has 0 aliphatic heterocycles. The van der Waals surface area contributed by atoms with Crippen LogP contribution in [0.1, 0.15) is 27.7 Å². The predicted molar refractivity (Wildman–Crippen MR) is 66.7 cm³/mol. The summed E-state index contributed by atoms with van der Waals surface area (Å²) < 4.78 is 2.45. The molecule has 0 amide bonds. The number of nitrogens with zero attached hydrogens (tertiary/aromatic N) is 2. The van der Waals surface area contributed by atoms with E-state index in [1.54, 1.807) is 0 Å². The summed E-state index contributed by atoms with van der Waals surface area (Å²) in [5, 5.41) is 0. The Bertz CT molecular complexity index is 252. The summed E-state index contributed by atoms with van der Waals surface area (Å²) in [7, 11) is 0. The molecule has 0 spiro atoms. The molecule has 14 heavy (non-hydrogen) atoms. The standard InChI is InChI=1S/C11H23N2P/c1-5-14(6-2,7-3,8-4)13-10-9-12-11-13/h9-11H,5-8H2,1-4H3. The molecular weight excluding hydrogens is 191 g/mol. The molecular formula is C11H23N2P. The van der Waals surface area contributed by atoms with Gasteiger partial charge >= 0.3 is 87.1 Å². The van der Waals surface area contributed by atoms with Gasteiger partial charge in [0.25, 0.3) is 0 Å². The molecule has 1 heterocycles. The molecule has 0 saturated heterocycles. The van der Waals surface area contributed by atoms with E-state index >= 15 is 0 Å². The van der Waals surface area contributed by atoms with Crippen molar-refractivity contribution in [2.75, 3.05) is 24.6 Å². The summed E-state index contributed by atoms with van der Waals surface area (Å²) >= 11 is 0. The summed E-state index contributed by atoms with van der Waals surface area (Å²) in [6.07, 6.45) is 11.3. The molecule has 2 nitrogen and oxygen atoms in total. The summed E-state index contributed by atoms with van der Waals surface area (Å²) in [4.78, 5) is 4.22. The molecule has 1 aromatic rings. The first-order chi connectivity index (χ1) is 6.67. The van der Waals surface area contributed by atoms with Crippen LogP contribution in [0.4, 0.5) is 0 Å². The Morgan fingerprint density at radius 1 is 1.00 bits per heavy atom. The number of hydrogen-bond donors (Lipinski definition) is 0. The third kappa shape index (κ3) is 1.40. The Kier molecular flexibility index (Phi) is 3.36. The van der Waals surface area contributed by atoms with Crippen LogP contribution in [0, 0.1) is 0 Å². The van der Waals surface area contributed by atoms with Crippen molar-refractivity contribution in [3.05, 3.63) is 18.7 Å². The normalized spacial score (nSPS) is 15.0. The first-order valence-corrected chi connectivity index (χ1v) is 8.59. The Labute approximate surface area is 87.7 Å². The minimum atomic E-state index is -1.69. The van der Waals surface area contributed by atoms with Crippen molar-refractivity contribution in [2.24, 2.45) is 0 Å². The Morgan fingerprint density at radius 3 is 1.79 bits per heavy atom. The number of hydrogen-bond acceptors (Lipinski definition) is 1. The van der Waals surface area contributed by atoms with Crippen molar-refractivity contribution in [1.29, 1.82) is 0 Å². The van der Waals surface area contributed by atoms with Gasteiger partial charge in [-0.25, -0.2) is 0 Å². The fourth-order valence-corrected chi connectivity index (χ4v) is 7.36. The van der Waals surface area contributed by atoms with E-state index in [1.807, 2.05) is 12.5 Å². The van der Waals surface area contributed by atoms with Gasteiger partial charge in [-0.2, -0.15) is 0 Å². The van der Waals surface area contributed by atoms with Crippen molar-refractivity contribution in [2.45, 2.75) is 27.7 Å². The van der Waals surface area contributed by atoms with Crippen LogP contribution < -0.4 is 0 Å². The second-order valence-electron chi connectivity index (χ2n) is 4.11. The van der Waals surface area contributed by atoms with E-state index in [1.165, 1.54) is 24.6 Å². The zero-order valence-electron chi connectivity index (χ0n) is 9.90. The van der Waals surface area contributed by atoms with E-state index < -0.39 is 6.75 Å². The summed E-state index contributed by atoms with van der Waals surface area (Å²) in [6.45, 7) is 7.68. The summed E-state index contributed by atoms with van der Waals surface area (Å²) in [5.41, 5.74) is 0. The van der Waals surface area contributed by atoms with Gasteiger partial charge in [-0.1, -0.05) is 0 Å². The van der Waals surface area contributed by atoms with Crippen molar-refractivity contribution in [3.63, 3.8) is 0 Å². The van der Waals surface area contributed by atoms with Crippen molar-refractivity contribution in [1.82, 2.24) is 9.32 Å². The Balaban J connectivity index is 3.28. The van der Waals surface area contributed by atoms with Crippen LogP contribution in [-0.4, -0.2) is 34.0 Å². The van der Waals surface area contributed by atoms with Crippen LogP contribution >= 0.6 is 6.75 Å². The van der Waals surface area contributed by atoms with Gasteiger partial charge in [-0.3, -0.25) is 0 Å². The second kappa shape index (κ2) is 4.02. The molecule has 0 radical (unpaired) electrons. The van der Waals surface area contributed by atoms with Gasteiger partial charge in [0.2, 0.25) is 0 Å². The molecule has 0 unspecified atom stereocenters. The van der Waals surface area contributed by atoms with Crippen LogP contribution in [0.15, 0.2) is 18.7 Å². The fourth-order valence-electron chi connectivity index (χ4n) is 2.58. The minimum absolute atomic E-state index is 1.30. The molecule has 0 fully saturated rings. The van der Waals surface area contributed by atoms with Crippen LogP contribution in [0.3, 0.4) is 0 Å². The van der Waals surface area contributed by atoms with Gasteiger partial charge in [-0.15, -0.1) is 0 Å². The van der Waals surface area contributed by atoms with Gasteiger partial charge < -0.3 is 0 Å². The molecule has 3 heteroatoms. The average Bonchev–Trinajstić information content (AvgIpc) is 2.78. The quantitative estimate of drug-likeness (QED) is 0.688. The van der Waals surface area contributed by atoms with Gasteiger partial charge in [0, 0.05) is 0 Å². The van der Waals surface area contributed by atoms with Gasteiger partial charge in [0.1, 0.15) is 0 Å². The van der Waals surface area contributed by atoms with E-state index in [0.29, 0.717) is 0 Å². The van der Waals surface area contributed by atoms with E-state index in [4.69, 9.17) is 0 Å². The number of aromatic nitrogens is 2. The Hall–Kier alpha value is -0.360. The van der Waals surface area contributed by atoms with Gasteiger partial charge in [0.05, 0.1) is 0 Å². The molecule has 0 saturated carbocycles. The number of imidazole rings is 1. The molecule has 0 aliphatic rings. The molecule has 82 valence electrons. The molecule has 0 atom stereocenters. The van der Waals surface area contributed by atoms with Crippen molar-refractivity contribution in [3.8, 4) is 0 Å². The van der Waals surface area contributed by atoms with Gasteiger partial charge in [0.15, 0.2) is 0 Å². The Morgan fingerprint density at radius 2 is 1.50 bits per heavy atom. The van der Waals surface area contributed by atoms with E-state index in [9.17, 15) is 0 Å². The zero-order valence-corrected chi connectivity index (χ0v) is 10.8. The third-order valence-corrected chi connectivity index (χ3v) is 12.4. The van der Waals surface area contributed by atoms with E-state index in [2.05, 4.69) is 43.2 Å². The third-order valence-electron chi connectivity index (χ3n) is 4.39. The van der Waals surface area contributed by atoms with Gasteiger partial charge in [-0.05, 0) is 0 Å². The van der Waals surface area contributed by atoms with Crippen LogP contribution in [0.2, 0.25) is 0 Å². The predicted octanol–water partition coefficient (Wildman–Crippen LogP) is 3.28. The summed E-state index contributed by atoms with van der Waals surface area (Å²) in [6, 6.07) is 0. The molecule has 0 aromatic carbocycles. The summed E-state index contributed by atoms with van der Waals surface area (Å²) in [5.74, 6) is 0. The van der Waals surface area contributed by atoms with Crippen LogP contribution in [0.25, 0.3) is 0 Å². The molecule has 1 aromatic heterocycles. The maximum absolute atomic E-state index is 4.22. The van der Waals surface area contributed by atoms with Crippen molar-refractivity contribution >= 4 is 6.75 Å². The molecule has 0 N–H and O–H groups in total. The van der Waals surface area contributed by atoms with E-state index in [0.717, 1.165) is 0 Å². The van der Waals surface area contributed by atoms with Crippen LogP contribution in [-0.2, 0) is 0 Å². The first kappa shape index (κ1) is 11.7. The fraction of sp³-hybridized carbons (Fsp3) is 0.727. The monoisotopic (exact) mass is 214 g/mol. The van der Waals surface area contributed by atoms with E-state index in [-0.39, 0.29) is 0 Å². The first-order valence-electron chi connectivity index (χ1n) is 5.66. The average molecular weight is 214 g/mol. The zero-order chi connectivity index (χ0) is 10.7. The molecule has 0 bridgehead atoms. The number of rotatable bonds is 5. The second-order valence-corrected chi connectivity index (χ2v) is 10.9. The molecule has 0 aliphatic carbocycles. The maximum atomic E-state index is 4.22.